The predicted molar refractivity (Wildman–Crippen MR) is 124 cm³/mol. The quantitative estimate of drug-likeness (QED) is 0.633. The number of aliphatic carboxylic acids is 1. The standard InChI is InChI=1S/C26H30N2O5/c1-16(2)14-22(23(29)28(3)26(12-13-26)24(30)31)27-25(32)33-15-21-19-10-6-4-8-17(19)18-9-5-7-11-20(18)21/h4-11,16,21-22H,12-15H2,1-3H3,(H,27,32)(H,30,31)/t22-/m1/s1. The van der Waals surface area contributed by atoms with E-state index in [2.05, 4.69) is 17.4 Å². The van der Waals surface area contributed by atoms with Gasteiger partial charge < -0.3 is 20.1 Å². The summed E-state index contributed by atoms with van der Waals surface area (Å²) in [6.07, 6.45) is 0.557. The number of hydrogen-bond acceptors (Lipinski definition) is 4. The Balaban J connectivity index is 1.44. The molecule has 33 heavy (non-hydrogen) atoms. The van der Waals surface area contributed by atoms with E-state index in [0.29, 0.717) is 19.3 Å². The van der Waals surface area contributed by atoms with Crippen molar-refractivity contribution >= 4 is 18.0 Å². The van der Waals surface area contributed by atoms with E-state index < -0.39 is 29.6 Å². The normalized spacial score (nSPS) is 16.5. The van der Waals surface area contributed by atoms with E-state index >= 15 is 0 Å². The van der Waals surface area contributed by atoms with Gasteiger partial charge in [-0.05, 0) is 47.4 Å². The van der Waals surface area contributed by atoms with Crippen LogP contribution in [0.5, 0.6) is 0 Å². The second kappa shape index (κ2) is 8.89. The molecule has 0 saturated heterocycles. The number of ether oxygens (including phenoxy) is 1. The van der Waals surface area contributed by atoms with Crippen molar-refractivity contribution < 1.29 is 24.2 Å². The lowest BCUT2D eigenvalue weighted by Crippen LogP contribution is -2.54. The van der Waals surface area contributed by atoms with E-state index in [0.717, 1.165) is 22.3 Å². The molecule has 1 fully saturated rings. The van der Waals surface area contributed by atoms with Crippen LogP contribution in [0.3, 0.4) is 0 Å². The Morgan fingerprint density at radius 3 is 2.09 bits per heavy atom. The minimum atomic E-state index is -1.16. The maximum atomic E-state index is 13.1. The Morgan fingerprint density at radius 1 is 1.06 bits per heavy atom. The average Bonchev–Trinajstić information content (AvgIpc) is 3.55. The van der Waals surface area contributed by atoms with Crippen molar-refractivity contribution in [2.24, 2.45) is 5.92 Å². The lowest BCUT2D eigenvalue weighted by molar-refractivity contribution is -0.151. The second-order valence-corrected chi connectivity index (χ2v) is 9.39. The largest absolute Gasteiger partial charge is 0.479 e. The number of hydrogen-bond donors (Lipinski definition) is 2. The minimum absolute atomic E-state index is 0.0770. The fraction of sp³-hybridized carbons (Fsp3) is 0.423. The Hall–Kier alpha value is -3.35. The molecular weight excluding hydrogens is 420 g/mol. The first-order chi connectivity index (χ1) is 15.7. The third kappa shape index (κ3) is 4.32. The molecule has 2 amide bonds. The molecule has 0 aliphatic heterocycles. The van der Waals surface area contributed by atoms with E-state index in [4.69, 9.17) is 4.74 Å². The predicted octanol–water partition coefficient (Wildman–Crippen LogP) is 4.02. The van der Waals surface area contributed by atoms with Crippen molar-refractivity contribution in [3.8, 4) is 11.1 Å². The summed E-state index contributed by atoms with van der Waals surface area (Å²) < 4.78 is 5.59. The lowest BCUT2D eigenvalue weighted by atomic mass is 9.98. The zero-order chi connectivity index (χ0) is 23.8. The van der Waals surface area contributed by atoms with Crippen molar-refractivity contribution in [1.29, 1.82) is 0 Å². The molecule has 0 radical (unpaired) electrons. The van der Waals surface area contributed by atoms with Crippen LogP contribution in [-0.2, 0) is 14.3 Å². The van der Waals surface area contributed by atoms with Crippen molar-refractivity contribution in [2.75, 3.05) is 13.7 Å². The molecule has 2 aromatic carbocycles. The molecule has 7 heteroatoms. The summed E-state index contributed by atoms with van der Waals surface area (Å²) >= 11 is 0. The smallest absolute Gasteiger partial charge is 0.407 e. The fourth-order valence-electron chi connectivity index (χ4n) is 4.73. The molecular formula is C26H30N2O5. The van der Waals surface area contributed by atoms with Crippen LogP contribution in [0.25, 0.3) is 11.1 Å². The highest BCUT2D eigenvalue weighted by atomic mass is 16.5. The first-order valence-electron chi connectivity index (χ1n) is 11.4. The van der Waals surface area contributed by atoms with E-state index in [1.165, 1.54) is 11.9 Å². The summed E-state index contributed by atoms with van der Waals surface area (Å²) in [7, 11) is 1.50. The summed E-state index contributed by atoms with van der Waals surface area (Å²) in [4.78, 5) is 38.7. The Morgan fingerprint density at radius 2 is 1.61 bits per heavy atom. The van der Waals surface area contributed by atoms with Gasteiger partial charge in [0.1, 0.15) is 18.2 Å². The lowest BCUT2D eigenvalue weighted by Gasteiger charge is -2.30. The number of nitrogens with zero attached hydrogens (tertiary/aromatic N) is 1. The molecule has 1 saturated carbocycles. The van der Waals surface area contributed by atoms with Crippen LogP contribution >= 0.6 is 0 Å². The number of carboxylic acid groups (broad SMARTS) is 1. The van der Waals surface area contributed by atoms with E-state index in [-0.39, 0.29) is 18.4 Å². The van der Waals surface area contributed by atoms with Gasteiger partial charge in [-0.25, -0.2) is 9.59 Å². The van der Waals surface area contributed by atoms with Crippen molar-refractivity contribution in [3.05, 3.63) is 59.7 Å². The molecule has 0 aromatic heterocycles. The van der Waals surface area contributed by atoms with Crippen LogP contribution in [0, 0.1) is 5.92 Å². The van der Waals surface area contributed by atoms with Crippen LogP contribution < -0.4 is 5.32 Å². The van der Waals surface area contributed by atoms with Gasteiger partial charge in [0, 0.05) is 13.0 Å². The molecule has 174 valence electrons. The van der Waals surface area contributed by atoms with Gasteiger partial charge in [0.25, 0.3) is 0 Å². The van der Waals surface area contributed by atoms with Crippen LogP contribution in [0.15, 0.2) is 48.5 Å². The average molecular weight is 451 g/mol. The first-order valence-corrected chi connectivity index (χ1v) is 11.4. The number of fused-ring (bicyclic) bond motifs is 3. The number of rotatable bonds is 8. The summed E-state index contributed by atoms with van der Waals surface area (Å²) in [5.74, 6) is -1.37. The van der Waals surface area contributed by atoms with E-state index in [9.17, 15) is 19.5 Å². The van der Waals surface area contributed by atoms with Gasteiger partial charge in [0.2, 0.25) is 5.91 Å². The number of carbonyl (C=O) groups excluding carboxylic acids is 2. The first kappa shape index (κ1) is 22.8. The molecule has 1 atom stereocenters. The summed E-state index contributed by atoms with van der Waals surface area (Å²) in [6.45, 7) is 4.05. The van der Waals surface area contributed by atoms with Crippen molar-refractivity contribution in [3.63, 3.8) is 0 Å². The SMILES string of the molecule is CC(C)C[C@@H](NC(=O)OCC1c2ccccc2-c2ccccc21)C(=O)N(C)C1(C(=O)O)CC1. The number of amides is 2. The van der Waals surface area contributed by atoms with Gasteiger partial charge in [0.05, 0.1) is 0 Å². The van der Waals surface area contributed by atoms with Gasteiger partial charge in [-0.1, -0.05) is 62.4 Å². The maximum absolute atomic E-state index is 13.1. The van der Waals surface area contributed by atoms with E-state index in [1.54, 1.807) is 0 Å². The Kier molecular flexibility index (Phi) is 6.15. The Bertz CT molecular complexity index is 1030. The summed E-state index contributed by atoms with van der Waals surface area (Å²) in [5, 5.41) is 12.2. The molecule has 4 rings (SSSR count). The summed E-state index contributed by atoms with van der Waals surface area (Å²) in [5.41, 5.74) is 3.34. The maximum Gasteiger partial charge on any atom is 0.407 e. The highest BCUT2D eigenvalue weighted by Crippen LogP contribution is 2.44. The van der Waals surface area contributed by atoms with Gasteiger partial charge >= 0.3 is 12.1 Å². The number of nitrogens with one attached hydrogen (secondary N) is 1. The summed E-state index contributed by atoms with van der Waals surface area (Å²) in [6, 6.07) is 15.3. The topological polar surface area (TPSA) is 95.9 Å². The Labute approximate surface area is 193 Å². The number of alkyl carbamates (subject to hydrolysis) is 1. The molecule has 0 spiro atoms. The number of carbonyl (C=O) groups is 3. The molecule has 0 bridgehead atoms. The third-order valence-electron chi connectivity index (χ3n) is 6.74. The highest BCUT2D eigenvalue weighted by Gasteiger charge is 2.56. The van der Waals surface area contributed by atoms with Crippen LogP contribution in [-0.4, -0.2) is 53.2 Å². The third-order valence-corrected chi connectivity index (χ3v) is 6.74. The molecule has 0 heterocycles. The van der Waals surface area contributed by atoms with Gasteiger partial charge in [-0.2, -0.15) is 0 Å². The number of carboxylic acids is 1. The molecule has 2 aromatic rings. The molecule has 0 unspecified atom stereocenters. The van der Waals surface area contributed by atoms with Gasteiger partial charge in [-0.15, -0.1) is 0 Å². The zero-order valence-electron chi connectivity index (χ0n) is 19.2. The van der Waals surface area contributed by atoms with Crippen molar-refractivity contribution in [1.82, 2.24) is 10.2 Å². The molecule has 2 aliphatic carbocycles. The van der Waals surface area contributed by atoms with Crippen LogP contribution in [0.2, 0.25) is 0 Å². The fourth-order valence-corrected chi connectivity index (χ4v) is 4.73. The van der Waals surface area contributed by atoms with Crippen LogP contribution in [0.1, 0.15) is 50.2 Å². The number of benzene rings is 2. The molecule has 2 N–H and O–H groups in total. The van der Waals surface area contributed by atoms with Gasteiger partial charge in [-0.3, -0.25) is 4.79 Å². The molecule has 2 aliphatic rings. The number of likely N-dealkylation sites (N-methyl/N-ethyl adjacent to an activating group) is 1. The zero-order valence-corrected chi connectivity index (χ0v) is 19.2. The minimum Gasteiger partial charge on any atom is -0.479 e. The second-order valence-electron chi connectivity index (χ2n) is 9.39. The van der Waals surface area contributed by atoms with Gasteiger partial charge in [0.15, 0.2) is 0 Å². The van der Waals surface area contributed by atoms with E-state index in [1.807, 2.05) is 50.2 Å². The molecule has 7 nitrogen and oxygen atoms in total. The monoisotopic (exact) mass is 450 g/mol. The van der Waals surface area contributed by atoms with Crippen molar-refractivity contribution in [2.45, 2.75) is 50.6 Å². The highest BCUT2D eigenvalue weighted by molar-refractivity contribution is 5.93. The van der Waals surface area contributed by atoms with Crippen LogP contribution in [0.4, 0.5) is 4.79 Å².